The number of nitrogens with two attached hydrogens (primary N) is 1. The number of carbonyl (C=O) groups excluding carboxylic acids is 1. The lowest BCUT2D eigenvalue weighted by molar-refractivity contribution is -0.131. The Morgan fingerprint density at radius 1 is 1.50 bits per heavy atom. The molecule has 1 amide bonds. The molecule has 3 N–H and O–H groups in total. The van der Waals surface area contributed by atoms with Crippen LogP contribution in [0.4, 0.5) is 0 Å². The van der Waals surface area contributed by atoms with Gasteiger partial charge in [0.05, 0.1) is 6.04 Å². The molecular weight excluding hydrogens is 250 g/mol. The van der Waals surface area contributed by atoms with Crippen LogP contribution < -0.4 is 5.73 Å². The molecule has 0 bridgehead atoms. The standard InChI is InChI=1S/C16H21N3O/c1-3-9-19(4-2)16(20)14(17)10-12-11-18-15-8-6-5-7-13(12)15/h3,5-8,11,14,18H,1,4,9-10,17H2,2H3/t14-/m0/s1. The fourth-order valence-corrected chi connectivity index (χ4v) is 2.39. The Balaban J connectivity index is 2.12. The molecule has 106 valence electrons. The van der Waals surface area contributed by atoms with Crippen LogP contribution in [0.2, 0.25) is 0 Å². The average molecular weight is 271 g/mol. The first-order valence-electron chi connectivity index (χ1n) is 6.87. The highest BCUT2D eigenvalue weighted by atomic mass is 16.2. The van der Waals surface area contributed by atoms with Crippen molar-refractivity contribution in [1.82, 2.24) is 9.88 Å². The van der Waals surface area contributed by atoms with E-state index in [2.05, 4.69) is 11.6 Å². The third-order valence-electron chi connectivity index (χ3n) is 3.47. The summed E-state index contributed by atoms with van der Waals surface area (Å²) in [6.45, 7) is 6.80. The molecule has 1 aromatic carbocycles. The molecule has 20 heavy (non-hydrogen) atoms. The highest BCUT2D eigenvalue weighted by molar-refractivity contribution is 5.86. The van der Waals surface area contributed by atoms with E-state index in [1.807, 2.05) is 37.4 Å². The number of H-pyrrole nitrogens is 1. The van der Waals surface area contributed by atoms with E-state index < -0.39 is 6.04 Å². The van der Waals surface area contributed by atoms with E-state index in [0.717, 1.165) is 16.5 Å². The van der Waals surface area contributed by atoms with Gasteiger partial charge in [-0.25, -0.2) is 0 Å². The molecule has 0 saturated carbocycles. The lowest BCUT2D eigenvalue weighted by Crippen LogP contribution is -2.44. The summed E-state index contributed by atoms with van der Waals surface area (Å²) in [5, 5.41) is 1.13. The number of rotatable bonds is 6. The minimum atomic E-state index is -0.519. The van der Waals surface area contributed by atoms with Crippen molar-refractivity contribution in [2.75, 3.05) is 13.1 Å². The normalized spacial score (nSPS) is 12.3. The second-order valence-electron chi connectivity index (χ2n) is 4.84. The summed E-state index contributed by atoms with van der Waals surface area (Å²) in [6, 6.07) is 7.51. The van der Waals surface area contributed by atoms with Crippen LogP contribution in [-0.2, 0) is 11.2 Å². The van der Waals surface area contributed by atoms with Gasteiger partial charge in [0.2, 0.25) is 5.91 Å². The van der Waals surface area contributed by atoms with E-state index in [-0.39, 0.29) is 5.91 Å². The van der Waals surface area contributed by atoms with Crippen LogP contribution in [0.1, 0.15) is 12.5 Å². The maximum Gasteiger partial charge on any atom is 0.240 e. The second kappa shape index (κ2) is 6.39. The number of nitrogens with zero attached hydrogens (tertiary/aromatic N) is 1. The molecule has 0 unspecified atom stereocenters. The van der Waals surface area contributed by atoms with Crippen molar-refractivity contribution in [3.8, 4) is 0 Å². The fraction of sp³-hybridized carbons (Fsp3) is 0.312. The van der Waals surface area contributed by atoms with E-state index in [0.29, 0.717) is 19.5 Å². The number of carbonyl (C=O) groups is 1. The van der Waals surface area contributed by atoms with Gasteiger partial charge in [-0.1, -0.05) is 24.3 Å². The number of para-hydroxylation sites is 1. The maximum atomic E-state index is 12.3. The van der Waals surface area contributed by atoms with E-state index in [1.54, 1.807) is 11.0 Å². The number of likely N-dealkylation sites (N-methyl/N-ethyl adjacent to an activating group) is 1. The summed E-state index contributed by atoms with van der Waals surface area (Å²) >= 11 is 0. The van der Waals surface area contributed by atoms with E-state index >= 15 is 0 Å². The van der Waals surface area contributed by atoms with Crippen molar-refractivity contribution < 1.29 is 4.79 Å². The molecule has 4 heteroatoms. The Hall–Kier alpha value is -2.07. The van der Waals surface area contributed by atoms with Crippen LogP contribution in [0.25, 0.3) is 10.9 Å². The molecule has 2 rings (SSSR count). The van der Waals surface area contributed by atoms with Crippen molar-refractivity contribution in [3.05, 3.63) is 48.7 Å². The number of aromatic amines is 1. The average Bonchev–Trinajstić information content (AvgIpc) is 2.87. The SMILES string of the molecule is C=CCN(CC)C(=O)[C@@H](N)Cc1c[nH]c2ccccc12. The van der Waals surface area contributed by atoms with Gasteiger partial charge in [-0.05, 0) is 25.0 Å². The van der Waals surface area contributed by atoms with Crippen LogP contribution in [0.15, 0.2) is 43.1 Å². The Morgan fingerprint density at radius 2 is 2.25 bits per heavy atom. The Morgan fingerprint density at radius 3 is 2.95 bits per heavy atom. The molecule has 1 aromatic heterocycles. The predicted octanol–water partition coefficient (Wildman–Crippen LogP) is 2.07. The quantitative estimate of drug-likeness (QED) is 0.790. The molecule has 2 aromatic rings. The number of hydrogen-bond donors (Lipinski definition) is 2. The summed E-state index contributed by atoms with van der Waals surface area (Å²) in [5.41, 5.74) is 8.22. The van der Waals surface area contributed by atoms with Gasteiger partial charge in [-0.3, -0.25) is 4.79 Å². The van der Waals surface area contributed by atoms with Crippen molar-refractivity contribution in [1.29, 1.82) is 0 Å². The number of fused-ring (bicyclic) bond motifs is 1. The lowest BCUT2D eigenvalue weighted by Gasteiger charge is -2.22. The summed E-state index contributed by atoms with van der Waals surface area (Å²) in [7, 11) is 0. The molecule has 0 aliphatic heterocycles. The highest BCUT2D eigenvalue weighted by Gasteiger charge is 2.20. The minimum Gasteiger partial charge on any atom is -0.361 e. The molecular formula is C16H21N3O. The Labute approximate surface area is 119 Å². The summed E-state index contributed by atoms with van der Waals surface area (Å²) in [4.78, 5) is 17.2. The van der Waals surface area contributed by atoms with E-state index in [4.69, 9.17) is 5.73 Å². The lowest BCUT2D eigenvalue weighted by atomic mass is 10.0. The highest BCUT2D eigenvalue weighted by Crippen LogP contribution is 2.19. The van der Waals surface area contributed by atoms with Crippen LogP contribution in [0.5, 0.6) is 0 Å². The Kier molecular flexibility index (Phi) is 4.58. The van der Waals surface area contributed by atoms with Crippen LogP contribution in [0.3, 0.4) is 0 Å². The van der Waals surface area contributed by atoms with Gasteiger partial charge in [0.25, 0.3) is 0 Å². The summed E-state index contributed by atoms with van der Waals surface area (Å²) in [6.07, 6.45) is 4.19. The first-order valence-corrected chi connectivity index (χ1v) is 6.87. The van der Waals surface area contributed by atoms with E-state index in [1.165, 1.54) is 0 Å². The number of benzene rings is 1. The topological polar surface area (TPSA) is 62.1 Å². The van der Waals surface area contributed by atoms with Crippen molar-refractivity contribution in [2.24, 2.45) is 5.73 Å². The van der Waals surface area contributed by atoms with Gasteiger partial charge < -0.3 is 15.6 Å². The number of aromatic nitrogens is 1. The molecule has 4 nitrogen and oxygen atoms in total. The van der Waals surface area contributed by atoms with Gasteiger partial charge in [-0.2, -0.15) is 0 Å². The smallest absolute Gasteiger partial charge is 0.240 e. The summed E-state index contributed by atoms with van der Waals surface area (Å²) in [5.74, 6) is -0.0299. The van der Waals surface area contributed by atoms with Crippen molar-refractivity contribution in [2.45, 2.75) is 19.4 Å². The Bertz CT molecular complexity index is 603. The first-order chi connectivity index (χ1) is 9.67. The van der Waals surface area contributed by atoms with Gasteiger partial charge in [-0.15, -0.1) is 6.58 Å². The molecule has 1 heterocycles. The third-order valence-corrected chi connectivity index (χ3v) is 3.47. The second-order valence-corrected chi connectivity index (χ2v) is 4.84. The molecule has 0 aliphatic rings. The zero-order valence-corrected chi connectivity index (χ0v) is 11.8. The largest absolute Gasteiger partial charge is 0.361 e. The van der Waals surface area contributed by atoms with Gasteiger partial charge in [0.15, 0.2) is 0 Å². The van der Waals surface area contributed by atoms with Crippen molar-refractivity contribution >= 4 is 16.8 Å². The maximum absolute atomic E-state index is 12.3. The summed E-state index contributed by atoms with van der Waals surface area (Å²) < 4.78 is 0. The number of amides is 1. The van der Waals surface area contributed by atoms with Gasteiger partial charge in [0, 0.05) is 30.2 Å². The van der Waals surface area contributed by atoms with Crippen LogP contribution in [-0.4, -0.2) is 34.9 Å². The zero-order chi connectivity index (χ0) is 14.5. The predicted molar refractivity (Wildman–Crippen MR) is 82.4 cm³/mol. The van der Waals surface area contributed by atoms with Gasteiger partial charge in [0.1, 0.15) is 0 Å². The van der Waals surface area contributed by atoms with Crippen LogP contribution >= 0.6 is 0 Å². The minimum absolute atomic E-state index is 0.0299. The number of hydrogen-bond acceptors (Lipinski definition) is 2. The third kappa shape index (κ3) is 2.91. The molecule has 0 aliphatic carbocycles. The van der Waals surface area contributed by atoms with Crippen molar-refractivity contribution in [3.63, 3.8) is 0 Å². The molecule has 1 atom stereocenters. The molecule has 0 fully saturated rings. The molecule has 0 saturated heterocycles. The zero-order valence-electron chi connectivity index (χ0n) is 11.8. The number of nitrogens with one attached hydrogen (secondary N) is 1. The first kappa shape index (κ1) is 14.3. The molecule has 0 spiro atoms. The monoisotopic (exact) mass is 271 g/mol. The fourth-order valence-electron chi connectivity index (χ4n) is 2.39. The van der Waals surface area contributed by atoms with Gasteiger partial charge >= 0.3 is 0 Å². The molecule has 0 radical (unpaired) electrons. The van der Waals surface area contributed by atoms with Crippen LogP contribution in [0, 0.1) is 0 Å². The van der Waals surface area contributed by atoms with E-state index in [9.17, 15) is 4.79 Å².